The first-order valence-electron chi connectivity index (χ1n) is 8.28. The molecule has 3 nitrogen and oxygen atoms in total. The highest BCUT2D eigenvalue weighted by Gasteiger charge is 2.18. The summed E-state index contributed by atoms with van der Waals surface area (Å²) in [5.41, 5.74) is 0.957. The maximum atomic E-state index is 12.7. The average molecular weight is 290 g/mol. The summed E-state index contributed by atoms with van der Waals surface area (Å²) in [5.74, 6) is 0. The number of benzene rings is 1. The number of amides is 2. The van der Waals surface area contributed by atoms with Crippen molar-refractivity contribution in [3.05, 3.63) is 30.3 Å². The Kier molecular flexibility index (Phi) is 8.56. The lowest BCUT2D eigenvalue weighted by Crippen LogP contribution is -2.42. The number of hydrogen-bond acceptors (Lipinski definition) is 1. The van der Waals surface area contributed by atoms with Gasteiger partial charge in [-0.25, -0.2) is 4.79 Å². The molecule has 0 aliphatic rings. The molecule has 21 heavy (non-hydrogen) atoms. The van der Waals surface area contributed by atoms with Gasteiger partial charge in [0.25, 0.3) is 0 Å². The van der Waals surface area contributed by atoms with Crippen LogP contribution in [0.4, 0.5) is 10.5 Å². The van der Waals surface area contributed by atoms with Gasteiger partial charge in [-0.15, -0.1) is 0 Å². The van der Waals surface area contributed by atoms with Crippen molar-refractivity contribution in [3.63, 3.8) is 0 Å². The quantitative estimate of drug-likeness (QED) is 0.592. The van der Waals surface area contributed by atoms with Crippen LogP contribution in [0.5, 0.6) is 0 Å². The summed E-state index contributed by atoms with van der Waals surface area (Å²) in [5, 5.41) is 0. The van der Waals surface area contributed by atoms with Gasteiger partial charge in [0.05, 0.1) is 0 Å². The van der Waals surface area contributed by atoms with Crippen LogP contribution in [0.3, 0.4) is 0 Å². The molecule has 0 unspecified atom stereocenters. The summed E-state index contributed by atoms with van der Waals surface area (Å²) in [6.07, 6.45) is 6.93. The van der Waals surface area contributed by atoms with E-state index in [1.165, 1.54) is 25.7 Å². The molecule has 0 bridgehead atoms. The van der Waals surface area contributed by atoms with E-state index in [0.29, 0.717) is 0 Å². The van der Waals surface area contributed by atoms with Crippen LogP contribution >= 0.6 is 0 Å². The van der Waals surface area contributed by atoms with E-state index >= 15 is 0 Å². The lowest BCUT2D eigenvalue weighted by atomic mass is 10.2. The lowest BCUT2D eigenvalue weighted by Gasteiger charge is -2.28. The number of carbonyl (C=O) groups is 1. The molecule has 0 radical (unpaired) electrons. The average Bonchev–Trinajstić information content (AvgIpc) is 2.53. The molecule has 2 amide bonds. The van der Waals surface area contributed by atoms with Crippen LogP contribution < -0.4 is 4.90 Å². The van der Waals surface area contributed by atoms with E-state index in [0.717, 1.165) is 31.6 Å². The summed E-state index contributed by atoms with van der Waals surface area (Å²) in [6.45, 7) is 6.12. The highest BCUT2D eigenvalue weighted by atomic mass is 16.2. The van der Waals surface area contributed by atoms with Crippen LogP contribution in [-0.4, -0.2) is 31.1 Å². The Bertz CT molecular complexity index is 381. The van der Waals surface area contributed by atoms with E-state index in [1.807, 2.05) is 42.3 Å². The van der Waals surface area contributed by atoms with E-state index in [9.17, 15) is 4.79 Å². The van der Waals surface area contributed by atoms with E-state index in [2.05, 4.69) is 13.8 Å². The number of rotatable bonds is 9. The fourth-order valence-electron chi connectivity index (χ4n) is 2.38. The molecule has 0 spiro atoms. The van der Waals surface area contributed by atoms with Gasteiger partial charge < -0.3 is 4.90 Å². The first-order chi connectivity index (χ1) is 10.2. The summed E-state index contributed by atoms with van der Waals surface area (Å²) in [4.78, 5) is 16.5. The number of carbonyl (C=O) groups excluding carboxylic acids is 1. The first-order valence-corrected chi connectivity index (χ1v) is 8.28. The zero-order chi connectivity index (χ0) is 15.5. The van der Waals surface area contributed by atoms with Gasteiger partial charge in [-0.3, -0.25) is 4.90 Å². The van der Waals surface area contributed by atoms with Crippen molar-refractivity contribution in [1.29, 1.82) is 0 Å². The normalized spacial score (nSPS) is 10.4. The molecule has 1 aromatic carbocycles. The number of para-hydroxylation sites is 1. The predicted molar refractivity (Wildman–Crippen MR) is 90.9 cm³/mol. The van der Waals surface area contributed by atoms with E-state index < -0.39 is 0 Å². The Balaban J connectivity index is 2.63. The van der Waals surface area contributed by atoms with Gasteiger partial charge in [0.1, 0.15) is 0 Å². The molecule has 0 saturated carbocycles. The molecule has 1 rings (SSSR count). The van der Waals surface area contributed by atoms with Crippen molar-refractivity contribution in [1.82, 2.24) is 4.90 Å². The minimum absolute atomic E-state index is 0.119. The van der Waals surface area contributed by atoms with Crippen molar-refractivity contribution in [2.24, 2.45) is 0 Å². The molecular formula is C18H30N2O. The Morgan fingerprint density at radius 3 is 1.90 bits per heavy atom. The van der Waals surface area contributed by atoms with Crippen LogP contribution in [-0.2, 0) is 0 Å². The lowest BCUT2D eigenvalue weighted by molar-refractivity contribution is 0.203. The molecule has 0 aliphatic carbocycles. The molecule has 118 valence electrons. The number of anilines is 1. The van der Waals surface area contributed by atoms with Crippen LogP contribution in [0.2, 0.25) is 0 Å². The van der Waals surface area contributed by atoms with Gasteiger partial charge in [-0.05, 0) is 25.0 Å². The second-order valence-corrected chi connectivity index (χ2v) is 5.58. The third kappa shape index (κ3) is 6.19. The van der Waals surface area contributed by atoms with Crippen molar-refractivity contribution in [3.8, 4) is 0 Å². The second kappa shape index (κ2) is 10.3. The van der Waals surface area contributed by atoms with Crippen molar-refractivity contribution < 1.29 is 4.79 Å². The van der Waals surface area contributed by atoms with E-state index in [-0.39, 0.29) is 6.03 Å². The van der Waals surface area contributed by atoms with Crippen LogP contribution in [0.15, 0.2) is 30.3 Å². The van der Waals surface area contributed by atoms with E-state index in [4.69, 9.17) is 0 Å². The Hall–Kier alpha value is -1.51. The van der Waals surface area contributed by atoms with Crippen LogP contribution in [0, 0.1) is 0 Å². The van der Waals surface area contributed by atoms with Gasteiger partial charge in [-0.2, -0.15) is 0 Å². The molecule has 0 N–H and O–H groups in total. The fraction of sp³-hybridized carbons (Fsp3) is 0.611. The third-order valence-corrected chi connectivity index (χ3v) is 3.76. The van der Waals surface area contributed by atoms with Gasteiger partial charge in [-0.1, -0.05) is 57.7 Å². The maximum absolute atomic E-state index is 12.7. The standard InChI is InChI=1S/C18H30N2O/c1-4-6-11-15-20(16-12-7-5-2)18(21)19(3)17-13-9-8-10-14-17/h8-10,13-14H,4-7,11-12,15-16H2,1-3H3. The minimum Gasteiger partial charge on any atom is -0.324 e. The molecular weight excluding hydrogens is 260 g/mol. The number of nitrogens with zero attached hydrogens (tertiary/aromatic N) is 2. The van der Waals surface area contributed by atoms with Crippen molar-refractivity contribution >= 4 is 11.7 Å². The minimum atomic E-state index is 0.119. The van der Waals surface area contributed by atoms with Gasteiger partial charge in [0.15, 0.2) is 0 Å². The monoisotopic (exact) mass is 290 g/mol. The molecule has 0 aromatic heterocycles. The largest absolute Gasteiger partial charge is 0.324 e. The number of hydrogen-bond donors (Lipinski definition) is 0. The topological polar surface area (TPSA) is 23.6 Å². The van der Waals surface area contributed by atoms with E-state index in [1.54, 1.807) is 4.90 Å². The molecule has 0 heterocycles. The van der Waals surface area contributed by atoms with Crippen molar-refractivity contribution in [2.45, 2.75) is 52.4 Å². The molecule has 0 aliphatic heterocycles. The Morgan fingerprint density at radius 2 is 1.43 bits per heavy atom. The highest BCUT2D eigenvalue weighted by molar-refractivity contribution is 5.91. The molecule has 0 atom stereocenters. The summed E-state index contributed by atoms with van der Waals surface area (Å²) in [6, 6.07) is 9.99. The predicted octanol–water partition coefficient (Wildman–Crippen LogP) is 4.93. The molecule has 0 fully saturated rings. The summed E-state index contributed by atoms with van der Waals surface area (Å²) < 4.78 is 0. The smallest absolute Gasteiger partial charge is 0.324 e. The molecule has 0 saturated heterocycles. The maximum Gasteiger partial charge on any atom is 0.324 e. The molecule has 1 aromatic rings. The van der Waals surface area contributed by atoms with Crippen LogP contribution in [0.1, 0.15) is 52.4 Å². The number of urea groups is 1. The number of unbranched alkanes of at least 4 members (excludes halogenated alkanes) is 4. The van der Waals surface area contributed by atoms with Gasteiger partial charge in [0.2, 0.25) is 0 Å². The van der Waals surface area contributed by atoms with Gasteiger partial charge >= 0.3 is 6.03 Å². The first kappa shape index (κ1) is 17.5. The summed E-state index contributed by atoms with van der Waals surface area (Å²) in [7, 11) is 1.87. The zero-order valence-electron chi connectivity index (χ0n) is 13.8. The third-order valence-electron chi connectivity index (χ3n) is 3.76. The fourth-order valence-corrected chi connectivity index (χ4v) is 2.38. The molecule has 3 heteroatoms. The Morgan fingerprint density at radius 1 is 0.905 bits per heavy atom. The zero-order valence-corrected chi connectivity index (χ0v) is 13.8. The van der Waals surface area contributed by atoms with Gasteiger partial charge in [0, 0.05) is 25.8 Å². The Labute approximate surface area is 129 Å². The van der Waals surface area contributed by atoms with Crippen molar-refractivity contribution in [2.75, 3.05) is 25.0 Å². The second-order valence-electron chi connectivity index (χ2n) is 5.58. The highest BCUT2D eigenvalue weighted by Crippen LogP contribution is 2.14. The summed E-state index contributed by atoms with van der Waals surface area (Å²) >= 11 is 0. The SMILES string of the molecule is CCCCCN(CCCCC)C(=O)N(C)c1ccccc1. The van der Waals surface area contributed by atoms with Crippen LogP contribution in [0.25, 0.3) is 0 Å².